The third-order valence-electron chi connectivity index (χ3n) is 4.07. The number of nitrogens with zero attached hydrogens (tertiary/aromatic N) is 1. The van der Waals surface area contributed by atoms with Crippen molar-refractivity contribution in [2.45, 2.75) is 13.3 Å². The van der Waals surface area contributed by atoms with Crippen molar-refractivity contribution in [2.75, 3.05) is 23.4 Å². The fourth-order valence-corrected chi connectivity index (χ4v) is 2.85. The number of aromatic hydroxyl groups is 1. The lowest BCUT2D eigenvalue weighted by Crippen LogP contribution is -2.28. The number of phenolic OH excluding ortho intramolecular Hbond substituents is 1. The molecule has 25 heavy (non-hydrogen) atoms. The second kappa shape index (κ2) is 7.25. The van der Waals surface area contributed by atoms with Crippen molar-refractivity contribution in [3.05, 3.63) is 48.5 Å². The number of benzene rings is 2. The highest BCUT2D eigenvalue weighted by molar-refractivity contribution is 6.03. The van der Waals surface area contributed by atoms with Crippen LogP contribution >= 0.6 is 0 Å². The van der Waals surface area contributed by atoms with Crippen molar-refractivity contribution < 1.29 is 19.4 Å². The Kier molecular flexibility index (Phi) is 4.88. The van der Waals surface area contributed by atoms with Crippen molar-refractivity contribution in [2.24, 2.45) is 5.92 Å². The lowest BCUT2D eigenvalue weighted by Gasteiger charge is -2.17. The van der Waals surface area contributed by atoms with Gasteiger partial charge >= 0.3 is 0 Å². The number of rotatable bonds is 5. The second-order valence-corrected chi connectivity index (χ2v) is 5.87. The summed E-state index contributed by atoms with van der Waals surface area (Å²) in [7, 11) is 0. The van der Waals surface area contributed by atoms with Gasteiger partial charge in [-0.25, -0.2) is 0 Å². The Morgan fingerprint density at radius 3 is 2.72 bits per heavy atom. The molecule has 0 aliphatic carbocycles. The number of ether oxygens (including phenoxy) is 1. The summed E-state index contributed by atoms with van der Waals surface area (Å²) in [5, 5.41) is 12.2. The molecule has 1 aliphatic heterocycles. The Morgan fingerprint density at radius 2 is 2.04 bits per heavy atom. The minimum Gasteiger partial charge on any atom is -0.508 e. The average molecular weight is 340 g/mol. The third kappa shape index (κ3) is 3.91. The lowest BCUT2D eigenvalue weighted by molar-refractivity contribution is -0.122. The van der Waals surface area contributed by atoms with E-state index in [4.69, 9.17) is 4.74 Å². The average Bonchev–Trinajstić information content (AvgIpc) is 2.98. The van der Waals surface area contributed by atoms with E-state index in [0.717, 1.165) is 11.4 Å². The van der Waals surface area contributed by atoms with Gasteiger partial charge in [0.2, 0.25) is 11.8 Å². The maximum atomic E-state index is 12.4. The SMILES string of the molecule is CCOc1ccc(N2C[C@H](C(=O)Nc3cccc(O)c3)CC2=O)cc1. The molecule has 6 nitrogen and oxygen atoms in total. The summed E-state index contributed by atoms with van der Waals surface area (Å²) in [4.78, 5) is 26.3. The number of hydrogen-bond donors (Lipinski definition) is 2. The number of amides is 2. The Bertz CT molecular complexity index is 773. The van der Waals surface area contributed by atoms with Crippen molar-refractivity contribution in [3.63, 3.8) is 0 Å². The van der Waals surface area contributed by atoms with Gasteiger partial charge in [-0.3, -0.25) is 9.59 Å². The number of carbonyl (C=O) groups excluding carboxylic acids is 2. The highest BCUT2D eigenvalue weighted by Crippen LogP contribution is 2.28. The minimum atomic E-state index is -0.429. The van der Waals surface area contributed by atoms with Crippen molar-refractivity contribution in [1.82, 2.24) is 0 Å². The third-order valence-corrected chi connectivity index (χ3v) is 4.07. The molecular weight excluding hydrogens is 320 g/mol. The number of anilines is 2. The maximum absolute atomic E-state index is 12.4. The van der Waals surface area contributed by atoms with Gasteiger partial charge in [-0.05, 0) is 43.3 Å². The number of phenols is 1. The molecule has 6 heteroatoms. The summed E-state index contributed by atoms with van der Waals surface area (Å²) in [6, 6.07) is 13.6. The van der Waals surface area contributed by atoms with Crippen LogP contribution in [0.3, 0.4) is 0 Å². The summed E-state index contributed by atoms with van der Waals surface area (Å²) in [6.45, 7) is 2.82. The molecular formula is C19H20N2O4. The number of carbonyl (C=O) groups is 2. The highest BCUT2D eigenvalue weighted by atomic mass is 16.5. The molecule has 0 unspecified atom stereocenters. The maximum Gasteiger partial charge on any atom is 0.229 e. The van der Waals surface area contributed by atoms with E-state index < -0.39 is 5.92 Å². The molecule has 1 saturated heterocycles. The van der Waals surface area contributed by atoms with E-state index in [-0.39, 0.29) is 24.0 Å². The van der Waals surface area contributed by atoms with Gasteiger partial charge in [0.05, 0.1) is 12.5 Å². The summed E-state index contributed by atoms with van der Waals surface area (Å²) >= 11 is 0. The van der Waals surface area contributed by atoms with Crippen LogP contribution in [0.1, 0.15) is 13.3 Å². The normalized spacial score (nSPS) is 16.8. The van der Waals surface area contributed by atoms with Gasteiger partial charge < -0.3 is 20.1 Å². The molecule has 1 atom stereocenters. The molecule has 0 saturated carbocycles. The molecule has 2 amide bonds. The van der Waals surface area contributed by atoms with Crippen LogP contribution in [0, 0.1) is 5.92 Å². The van der Waals surface area contributed by atoms with Crippen LogP contribution in [0.15, 0.2) is 48.5 Å². The fraction of sp³-hybridized carbons (Fsp3) is 0.263. The zero-order valence-electron chi connectivity index (χ0n) is 13.9. The van der Waals surface area contributed by atoms with Gasteiger partial charge in [-0.2, -0.15) is 0 Å². The van der Waals surface area contributed by atoms with Crippen LogP contribution in [0.2, 0.25) is 0 Å². The summed E-state index contributed by atoms with van der Waals surface area (Å²) < 4.78 is 5.40. The van der Waals surface area contributed by atoms with Gasteiger partial charge in [-0.15, -0.1) is 0 Å². The molecule has 0 aromatic heterocycles. The smallest absolute Gasteiger partial charge is 0.229 e. The first-order chi connectivity index (χ1) is 12.1. The Balaban J connectivity index is 1.66. The molecule has 2 N–H and O–H groups in total. The minimum absolute atomic E-state index is 0.0799. The monoisotopic (exact) mass is 340 g/mol. The van der Waals surface area contributed by atoms with Crippen molar-refractivity contribution in [3.8, 4) is 11.5 Å². The molecule has 1 aliphatic rings. The first-order valence-electron chi connectivity index (χ1n) is 8.20. The van der Waals surface area contributed by atoms with Gasteiger partial charge in [0.15, 0.2) is 0 Å². The molecule has 2 aromatic carbocycles. The highest BCUT2D eigenvalue weighted by Gasteiger charge is 2.35. The van der Waals surface area contributed by atoms with Gasteiger partial charge in [0.25, 0.3) is 0 Å². The second-order valence-electron chi connectivity index (χ2n) is 5.87. The lowest BCUT2D eigenvalue weighted by atomic mass is 10.1. The first-order valence-corrected chi connectivity index (χ1v) is 8.20. The molecule has 0 bridgehead atoms. The first kappa shape index (κ1) is 16.8. The largest absolute Gasteiger partial charge is 0.508 e. The van der Waals surface area contributed by atoms with Gasteiger partial charge in [-0.1, -0.05) is 6.07 Å². The number of hydrogen-bond acceptors (Lipinski definition) is 4. The standard InChI is InChI=1S/C19H20N2O4/c1-2-25-17-8-6-15(7-9-17)21-12-13(10-18(21)23)19(24)20-14-4-3-5-16(22)11-14/h3-9,11,13,22H,2,10,12H2,1H3,(H,20,24)/t13-/m1/s1. The Hall–Kier alpha value is -3.02. The van der Waals surface area contributed by atoms with E-state index in [2.05, 4.69) is 5.32 Å². The van der Waals surface area contributed by atoms with Crippen LogP contribution in [0.25, 0.3) is 0 Å². The predicted molar refractivity (Wildman–Crippen MR) is 94.8 cm³/mol. The fourth-order valence-electron chi connectivity index (χ4n) is 2.85. The van der Waals surface area contributed by atoms with E-state index in [1.165, 1.54) is 12.1 Å². The molecule has 0 radical (unpaired) electrons. The predicted octanol–water partition coefficient (Wildman–Crippen LogP) is 2.78. The van der Waals surface area contributed by atoms with Gasteiger partial charge in [0, 0.05) is 30.4 Å². The Labute approximate surface area is 146 Å². The zero-order chi connectivity index (χ0) is 17.8. The summed E-state index contributed by atoms with van der Waals surface area (Å²) in [5.41, 5.74) is 1.26. The van der Waals surface area contributed by atoms with Crippen molar-refractivity contribution in [1.29, 1.82) is 0 Å². The van der Waals surface area contributed by atoms with Crippen molar-refractivity contribution >= 4 is 23.2 Å². The van der Waals surface area contributed by atoms with Crippen LogP contribution in [0.4, 0.5) is 11.4 Å². The summed E-state index contributed by atoms with van der Waals surface area (Å²) in [6.07, 6.45) is 0.165. The number of nitrogens with one attached hydrogen (secondary N) is 1. The molecule has 1 heterocycles. The zero-order valence-corrected chi connectivity index (χ0v) is 13.9. The molecule has 2 aromatic rings. The quantitative estimate of drug-likeness (QED) is 0.877. The van der Waals surface area contributed by atoms with E-state index in [9.17, 15) is 14.7 Å². The molecule has 130 valence electrons. The van der Waals surface area contributed by atoms with E-state index in [1.54, 1.807) is 17.0 Å². The van der Waals surface area contributed by atoms with Gasteiger partial charge in [0.1, 0.15) is 11.5 Å². The van der Waals surface area contributed by atoms with E-state index >= 15 is 0 Å². The summed E-state index contributed by atoms with van der Waals surface area (Å²) in [5.74, 6) is 0.0846. The van der Waals surface area contributed by atoms with Crippen LogP contribution in [-0.2, 0) is 9.59 Å². The molecule has 0 spiro atoms. The van der Waals surface area contributed by atoms with Crippen LogP contribution < -0.4 is 15.0 Å². The topological polar surface area (TPSA) is 78.9 Å². The van der Waals surface area contributed by atoms with Crippen LogP contribution in [0.5, 0.6) is 11.5 Å². The van der Waals surface area contributed by atoms with Crippen LogP contribution in [-0.4, -0.2) is 30.1 Å². The Morgan fingerprint density at radius 1 is 1.28 bits per heavy atom. The molecule has 3 rings (SSSR count). The molecule has 1 fully saturated rings. The van der Waals surface area contributed by atoms with E-state index in [0.29, 0.717) is 18.8 Å². The van der Waals surface area contributed by atoms with E-state index in [1.807, 2.05) is 31.2 Å².